The third-order valence-electron chi connectivity index (χ3n) is 4.39. The minimum absolute atomic E-state index is 0.382. The summed E-state index contributed by atoms with van der Waals surface area (Å²) in [6.45, 7) is 3.76. The van der Waals surface area contributed by atoms with Crippen molar-refractivity contribution in [2.75, 3.05) is 0 Å². The van der Waals surface area contributed by atoms with E-state index in [-0.39, 0.29) is 0 Å². The van der Waals surface area contributed by atoms with Gasteiger partial charge in [-0.2, -0.15) is 5.10 Å². The first-order valence-electron chi connectivity index (χ1n) is 7.96. The van der Waals surface area contributed by atoms with Gasteiger partial charge in [0.1, 0.15) is 0 Å². The molecule has 0 aliphatic rings. The van der Waals surface area contributed by atoms with Gasteiger partial charge in [0, 0.05) is 47.9 Å². The van der Waals surface area contributed by atoms with Crippen LogP contribution in [0, 0.1) is 6.92 Å². The molecule has 0 saturated heterocycles. The lowest BCUT2D eigenvalue weighted by Gasteiger charge is -2.04. The maximum Gasteiger partial charge on any atom is 0.331 e. The zero-order chi connectivity index (χ0) is 17.4. The lowest BCUT2D eigenvalue weighted by Crippen LogP contribution is -1.99. The van der Waals surface area contributed by atoms with E-state index in [1.165, 1.54) is 0 Å². The van der Waals surface area contributed by atoms with Crippen LogP contribution in [0.5, 0.6) is 0 Å². The van der Waals surface area contributed by atoms with Gasteiger partial charge in [-0.15, -0.1) is 0 Å². The largest absolute Gasteiger partial charge is 0.478 e. The number of rotatable bonds is 4. The van der Waals surface area contributed by atoms with Crippen LogP contribution in [0.4, 0.5) is 0 Å². The second kappa shape index (κ2) is 6.00. The second-order valence-corrected chi connectivity index (χ2v) is 5.97. The number of carbonyl (C=O) groups is 1. The first kappa shape index (κ1) is 16.1. The molecule has 5 nitrogen and oxygen atoms in total. The summed E-state index contributed by atoms with van der Waals surface area (Å²) in [5.74, 6) is -0.885. The number of nitrogens with zero attached hydrogens (tertiary/aromatic N) is 3. The monoisotopic (exact) mass is 323 g/mol. The average Bonchev–Trinajstić information content (AvgIpc) is 3.01. The number of carboxylic acid groups (broad SMARTS) is 1. The number of aliphatic carboxylic acids is 1. The molecule has 5 heteroatoms. The molecule has 0 bridgehead atoms. The van der Waals surface area contributed by atoms with Crippen LogP contribution >= 0.6 is 0 Å². The molecule has 124 valence electrons. The molecular weight excluding hydrogens is 302 g/mol. The average molecular weight is 323 g/mol. The Hall–Kier alpha value is -2.82. The standard InChI is InChI=1S/C19H21N3O2/c1-5-13(19(23)24)10-15-12(2)20-22(4)18(15)16-11-21(3)17-9-7-6-8-14(16)17/h6-11H,5H2,1-4H3,(H,23,24)/b13-10+. The van der Waals surface area contributed by atoms with E-state index in [1.807, 2.05) is 44.8 Å². The normalized spacial score (nSPS) is 12.1. The molecule has 0 aliphatic heterocycles. The third kappa shape index (κ3) is 2.52. The molecule has 1 N–H and O–H groups in total. The van der Waals surface area contributed by atoms with Gasteiger partial charge in [-0.1, -0.05) is 25.1 Å². The summed E-state index contributed by atoms with van der Waals surface area (Å²) >= 11 is 0. The van der Waals surface area contributed by atoms with Crippen molar-refractivity contribution in [3.8, 4) is 11.3 Å². The maximum absolute atomic E-state index is 11.4. The minimum Gasteiger partial charge on any atom is -0.478 e. The fourth-order valence-electron chi connectivity index (χ4n) is 3.19. The smallest absolute Gasteiger partial charge is 0.331 e. The number of para-hydroxylation sites is 1. The van der Waals surface area contributed by atoms with Crippen LogP contribution in [0.25, 0.3) is 28.2 Å². The van der Waals surface area contributed by atoms with Crippen LogP contribution in [0.2, 0.25) is 0 Å². The summed E-state index contributed by atoms with van der Waals surface area (Å²) in [7, 11) is 3.91. The molecule has 0 amide bonds. The van der Waals surface area contributed by atoms with Crippen molar-refractivity contribution >= 4 is 22.9 Å². The van der Waals surface area contributed by atoms with Gasteiger partial charge >= 0.3 is 5.97 Å². The summed E-state index contributed by atoms with van der Waals surface area (Å²) in [4.78, 5) is 11.4. The Morgan fingerprint density at radius 2 is 2.00 bits per heavy atom. The summed E-state index contributed by atoms with van der Waals surface area (Å²) in [6, 6.07) is 8.19. The molecular formula is C19H21N3O2. The highest BCUT2D eigenvalue weighted by atomic mass is 16.4. The predicted octanol–water partition coefficient (Wildman–Crippen LogP) is 3.77. The van der Waals surface area contributed by atoms with Crippen molar-refractivity contribution in [2.45, 2.75) is 20.3 Å². The van der Waals surface area contributed by atoms with E-state index in [0.717, 1.165) is 33.4 Å². The first-order valence-corrected chi connectivity index (χ1v) is 7.96. The molecule has 0 radical (unpaired) electrons. The van der Waals surface area contributed by atoms with Crippen molar-refractivity contribution in [1.29, 1.82) is 0 Å². The van der Waals surface area contributed by atoms with Crippen LogP contribution in [0.1, 0.15) is 24.6 Å². The first-order chi connectivity index (χ1) is 11.4. The number of hydrogen-bond donors (Lipinski definition) is 1. The van der Waals surface area contributed by atoms with Gasteiger partial charge in [0.15, 0.2) is 0 Å². The molecule has 3 aromatic rings. The summed E-state index contributed by atoms with van der Waals surface area (Å²) < 4.78 is 3.91. The van der Waals surface area contributed by atoms with E-state index in [0.29, 0.717) is 12.0 Å². The number of carboxylic acids is 1. The van der Waals surface area contributed by atoms with Gasteiger partial charge in [-0.25, -0.2) is 4.79 Å². The van der Waals surface area contributed by atoms with Crippen LogP contribution < -0.4 is 0 Å². The van der Waals surface area contributed by atoms with Crippen molar-refractivity contribution in [1.82, 2.24) is 14.3 Å². The van der Waals surface area contributed by atoms with E-state index < -0.39 is 5.97 Å². The van der Waals surface area contributed by atoms with Gasteiger partial charge in [0.2, 0.25) is 0 Å². The van der Waals surface area contributed by atoms with E-state index >= 15 is 0 Å². The molecule has 0 atom stereocenters. The van der Waals surface area contributed by atoms with Gasteiger partial charge < -0.3 is 9.67 Å². The molecule has 0 spiro atoms. The molecule has 0 aliphatic carbocycles. The van der Waals surface area contributed by atoms with Crippen molar-refractivity contribution < 1.29 is 9.90 Å². The zero-order valence-corrected chi connectivity index (χ0v) is 14.4. The summed E-state index contributed by atoms with van der Waals surface area (Å²) in [6.07, 6.45) is 4.30. The Bertz CT molecular complexity index is 961. The number of aromatic nitrogens is 3. The van der Waals surface area contributed by atoms with Crippen molar-refractivity contribution in [2.24, 2.45) is 14.1 Å². The maximum atomic E-state index is 11.4. The molecule has 0 unspecified atom stereocenters. The number of benzene rings is 1. The predicted molar refractivity (Wildman–Crippen MR) is 95.8 cm³/mol. The molecule has 0 saturated carbocycles. The molecule has 0 fully saturated rings. The molecule has 2 aromatic heterocycles. The van der Waals surface area contributed by atoms with Crippen LogP contribution in [-0.2, 0) is 18.9 Å². The van der Waals surface area contributed by atoms with Gasteiger partial charge in [-0.05, 0) is 25.5 Å². The topological polar surface area (TPSA) is 60.0 Å². The number of hydrogen-bond acceptors (Lipinski definition) is 2. The van der Waals surface area contributed by atoms with Crippen molar-refractivity contribution in [3.63, 3.8) is 0 Å². The Morgan fingerprint density at radius 3 is 2.67 bits per heavy atom. The summed E-state index contributed by atoms with van der Waals surface area (Å²) in [5, 5.41) is 15.0. The fourth-order valence-corrected chi connectivity index (χ4v) is 3.19. The summed E-state index contributed by atoms with van der Waals surface area (Å²) in [5.41, 5.74) is 5.21. The number of fused-ring (bicyclic) bond motifs is 1. The van der Waals surface area contributed by atoms with Crippen LogP contribution in [-0.4, -0.2) is 25.4 Å². The highest BCUT2D eigenvalue weighted by Crippen LogP contribution is 2.34. The van der Waals surface area contributed by atoms with Crippen LogP contribution in [0.15, 0.2) is 36.0 Å². The Labute approximate surface area is 140 Å². The molecule has 24 heavy (non-hydrogen) atoms. The Balaban J connectivity index is 2.31. The highest BCUT2D eigenvalue weighted by Gasteiger charge is 2.19. The highest BCUT2D eigenvalue weighted by molar-refractivity contribution is 5.99. The van der Waals surface area contributed by atoms with E-state index in [1.54, 1.807) is 6.08 Å². The Morgan fingerprint density at radius 1 is 1.29 bits per heavy atom. The van der Waals surface area contributed by atoms with E-state index in [4.69, 9.17) is 0 Å². The van der Waals surface area contributed by atoms with Gasteiger partial charge in [0.25, 0.3) is 0 Å². The molecule has 3 rings (SSSR count). The minimum atomic E-state index is -0.885. The van der Waals surface area contributed by atoms with Gasteiger partial charge in [0.05, 0.1) is 11.4 Å². The van der Waals surface area contributed by atoms with Gasteiger partial charge in [-0.3, -0.25) is 4.68 Å². The molecule has 2 heterocycles. The van der Waals surface area contributed by atoms with Crippen LogP contribution in [0.3, 0.4) is 0 Å². The van der Waals surface area contributed by atoms with E-state index in [9.17, 15) is 9.90 Å². The quantitative estimate of drug-likeness (QED) is 0.744. The number of aryl methyl sites for hydroxylation is 3. The molecule has 1 aromatic carbocycles. The second-order valence-electron chi connectivity index (χ2n) is 5.97. The Kier molecular flexibility index (Phi) is 4.01. The fraction of sp³-hybridized carbons (Fsp3) is 0.263. The SMILES string of the molecule is CC/C(=C\c1c(C)nn(C)c1-c1cn(C)c2ccccc12)C(=O)O. The zero-order valence-electron chi connectivity index (χ0n) is 14.4. The van der Waals surface area contributed by atoms with E-state index in [2.05, 4.69) is 28.0 Å². The van der Waals surface area contributed by atoms with Crippen molar-refractivity contribution in [3.05, 3.63) is 47.3 Å². The lowest BCUT2D eigenvalue weighted by atomic mass is 10.0. The third-order valence-corrected chi connectivity index (χ3v) is 4.39. The lowest BCUT2D eigenvalue weighted by molar-refractivity contribution is -0.132.